The molecule has 1 aromatic carbocycles. The average molecular weight is 477 g/mol. The SMILES string of the molecule is CCOC(=O)c1cnc(SC)nc1NCCC1OCC(NC(=O)OCc2ccccc2)CO1. The van der Waals surface area contributed by atoms with Gasteiger partial charge in [-0.15, -0.1) is 0 Å². The summed E-state index contributed by atoms with van der Waals surface area (Å²) >= 11 is 1.38. The van der Waals surface area contributed by atoms with E-state index in [0.717, 1.165) is 5.56 Å². The minimum atomic E-state index is -0.518. The van der Waals surface area contributed by atoms with Crippen LogP contribution in [0, 0.1) is 0 Å². The second-order valence-electron chi connectivity index (χ2n) is 7.05. The number of carbonyl (C=O) groups is 2. The molecule has 1 aliphatic heterocycles. The molecule has 1 fully saturated rings. The first-order valence-corrected chi connectivity index (χ1v) is 11.8. The fraction of sp³-hybridized carbons (Fsp3) is 0.455. The highest BCUT2D eigenvalue weighted by molar-refractivity contribution is 7.98. The Labute approximate surface area is 196 Å². The topological polar surface area (TPSA) is 121 Å². The molecule has 0 bridgehead atoms. The zero-order valence-corrected chi connectivity index (χ0v) is 19.4. The van der Waals surface area contributed by atoms with Gasteiger partial charge in [-0.25, -0.2) is 19.6 Å². The predicted molar refractivity (Wildman–Crippen MR) is 122 cm³/mol. The van der Waals surface area contributed by atoms with Crippen molar-refractivity contribution in [3.8, 4) is 0 Å². The molecular weight excluding hydrogens is 448 g/mol. The number of hydrogen-bond acceptors (Lipinski definition) is 10. The Morgan fingerprint density at radius 2 is 1.94 bits per heavy atom. The molecule has 3 rings (SSSR count). The van der Waals surface area contributed by atoms with Crippen LogP contribution in [0.4, 0.5) is 10.6 Å². The third-order valence-corrected chi connectivity index (χ3v) is 5.18. The number of alkyl carbamates (subject to hydrolysis) is 1. The molecule has 10 nitrogen and oxygen atoms in total. The molecule has 0 spiro atoms. The van der Waals surface area contributed by atoms with Gasteiger partial charge in [0.25, 0.3) is 0 Å². The maximum atomic E-state index is 12.1. The Morgan fingerprint density at radius 1 is 1.18 bits per heavy atom. The van der Waals surface area contributed by atoms with Crippen molar-refractivity contribution < 1.29 is 28.5 Å². The Morgan fingerprint density at radius 3 is 2.64 bits per heavy atom. The van der Waals surface area contributed by atoms with E-state index in [1.54, 1.807) is 6.92 Å². The van der Waals surface area contributed by atoms with Gasteiger partial charge in [0.2, 0.25) is 0 Å². The number of benzene rings is 1. The van der Waals surface area contributed by atoms with Gasteiger partial charge in [0.15, 0.2) is 11.4 Å². The van der Waals surface area contributed by atoms with Crippen molar-refractivity contribution in [2.45, 2.75) is 37.4 Å². The monoisotopic (exact) mass is 476 g/mol. The molecule has 2 heterocycles. The van der Waals surface area contributed by atoms with Crippen LogP contribution in [0.15, 0.2) is 41.7 Å². The maximum Gasteiger partial charge on any atom is 0.407 e. The van der Waals surface area contributed by atoms with Crippen molar-refractivity contribution in [3.63, 3.8) is 0 Å². The molecule has 1 saturated heterocycles. The normalized spacial score (nSPS) is 17.8. The number of nitrogens with one attached hydrogen (secondary N) is 2. The lowest BCUT2D eigenvalue weighted by Crippen LogP contribution is -2.47. The molecule has 0 unspecified atom stereocenters. The first-order valence-electron chi connectivity index (χ1n) is 10.6. The predicted octanol–water partition coefficient (Wildman–Crippen LogP) is 2.85. The number of amides is 1. The maximum absolute atomic E-state index is 12.1. The fourth-order valence-electron chi connectivity index (χ4n) is 2.99. The largest absolute Gasteiger partial charge is 0.462 e. The van der Waals surface area contributed by atoms with E-state index in [9.17, 15) is 9.59 Å². The van der Waals surface area contributed by atoms with Crippen LogP contribution in [-0.2, 0) is 25.6 Å². The fourth-order valence-corrected chi connectivity index (χ4v) is 3.33. The van der Waals surface area contributed by atoms with Crippen LogP contribution in [0.25, 0.3) is 0 Å². The van der Waals surface area contributed by atoms with E-state index in [1.165, 1.54) is 18.0 Å². The number of hydrogen-bond donors (Lipinski definition) is 2. The highest BCUT2D eigenvalue weighted by Gasteiger charge is 2.24. The van der Waals surface area contributed by atoms with Gasteiger partial charge in [-0.3, -0.25) is 0 Å². The van der Waals surface area contributed by atoms with E-state index in [0.29, 0.717) is 37.2 Å². The zero-order chi connectivity index (χ0) is 23.5. The molecule has 0 radical (unpaired) electrons. The van der Waals surface area contributed by atoms with E-state index >= 15 is 0 Å². The van der Waals surface area contributed by atoms with E-state index < -0.39 is 18.4 Å². The van der Waals surface area contributed by atoms with E-state index in [1.807, 2.05) is 36.6 Å². The molecule has 0 saturated carbocycles. The van der Waals surface area contributed by atoms with Gasteiger partial charge >= 0.3 is 12.1 Å². The number of aromatic nitrogens is 2. The number of carbonyl (C=O) groups excluding carboxylic acids is 2. The molecule has 11 heteroatoms. The van der Waals surface area contributed by atoms with Crippen molar-refractivity contribution in [1.29, 1.82) is 0 Å². The summed E-state index contributed by atoms with van der Waals surface area (Å²) in [6.07, 6.45) is 2.88. The highest BCUT2D eigenvalue weighted by Crippen LogP contribution is 2.18. The summed E-state index contributed by atoms with van der Waals surface area (Å²) in [4.78, 5) is 32.6. The first kappa shape index (κ1) is 24.7. The summed E-state index contributed by atoms with van der Waals surface area (Å²) in [5.41, 5.74) is 1.19. The van der Waals surface area contributed by atoms with Crippen molar-refractivity contribution in [2.24, 2.45) is 0 Å². The molecule has 0 aliphatic carbocycles. The highest BCUT2D eigenvalue weighted by atomic mass is 32.2. The number of rotatable bonds is 10. The third-order valence-electron chi connectivity index (χ3n) is 4.62. The van der Waals surface area contributed by atoms with Crippen LogP contribution >= 0.6 is 11.8 Å². The lowest BCUT2D eigenvalue weighted by Gasteiger charge is -2.29. The average Bonchev–Trinajstić information content (AvgIpc) is 2.84. The Bertz CT molecular complexity index is 909. The second kappa shape index (κ2) is 13.0. The van der Waals surface area contributed by atoms with Crippen LogP contribution in [0.2, 0.25) is 0 Å². The van der Waals surface area contributed by atoms with Crippen molar-refractivity contribution in [1.82, 2.24) is 15.3 Å². The molecule has 178 valence electrons. The van der Waals surface area contributed by atoms with Crippen LogP contribution in [0.1, 0.15) is 29.3 Å². The van der Waals surface area contributed by atoms with Crippen LogP contribution in [-0.4, -0.2) is 67.0 Å². The van der Waals surface area contributed by atoms with Crippen LogP contribution < -0.4 is 10.6 Å². The van der Waals surface area contributed by atoms with Crippen molar-refractivity contribution in [3.05, 3.63) is 47.7 Å². The Kier molecular flexibility index (Phi) is 9.73. The van der Waals surface area contributed by atoms with Gasteiger partial charge < -0.3 is 29.6 Å². The summed E-state index contributed by atoms with van der Waals surface area (Å²) < 4.78 is 21.7. The molecule has 1 amide bonds. The number of esters is 1. The summed E-state index contributed by atoms with van der Waals surface area (Å²) in [5, 5.41) is 6.42. The minimum absolute atomic E-state index is 0.199. The third kappa shape index (κ3) is 7.88. The van der Waals surface area contributed by atoms with Gasteiger partial charge in [-0.05, 0) is 18.7 Å². The lowest BCUT2D eigenvalue weighted by molar-refractivity contribution is -0.189. The Hall–Kier alpha value is -2.89. The number of ether oxygens (including phenoxy) is 4. The second-order valence-corrected chi connectivity index (χ2v) is 7.83. The van der Waals surface area contributed by atoms with Crippen molar-refractivity contribution >= 4 is 29.6 Å². The summed E-state index contributed by atoms with van der Waals surface area (Å²) in [5.74, 6) is -0.0739. The van der Waals surface area contributed by atoms with Crippen LogP contribution in [0.3, 0.4) is 0 Å². The standard InChI is InChI=1S/C22H28N4O6S/c1-3-29-20(27)17-11-24-21(33-2)26-19(17)23-10-9-18-30-13-16(14-31-18)25-22(28)32-12-15-7-5-4-6-8-15/h4-8,11,16,18H,3,9-10,12-14H2,1-2H3,(H,25,28)(H,23,24,26). The molecule has 2 N–H and O–H groups in total. The molecule has 2 aromatic rings. The molecule has 0 atom stereocenters. The van der Waals surface area contributed by atoms with Gasteiger partial charge in [0, 0.05) is 19.2 Å². The van der Waals surface area contributed by atoms with Gasteiger partial charge in [-0.2, -0.15) is 0 Å². The first-order chi connectivity index (χ1) is 16.1. The van der Waals surface area contributed by atoms with E-state index in [4.69, 9.17) is 18.9 Å². The van der Waals surface area contributed by atoms with Gasteiger partial charge in [-0.1, -0.05) is 42.1 Å². The lowest BCUT2D eigenvalue weighted by atomic mass is 10.2. The summed E-state index contributed by atoms with van der Waals surface area (Å²) in [6, 6.07) is 9.16. The number of nitrogens with zero attached hydrogens (tertiary/aromatic N) is 2. The van der Waals surface area contributed by atoms with Crippen molar-refractivity contribution in [2.75, 3.05) is 37.9 Å². The minimum Gasteiger partial charge on any atom is -0.462 e. The molecule has 33 heavy (non-hydrogen) atoms. The van der Waals surface area contributed by atoms with Gasteiger partial charge in [0.1, 0.15) is 18.0 Å². The smallest absolute Gasteiger partial charge is 0.407 e. The van der Waals surface area contributed by atoms with E-state index in [2.05, 4.69) is 20.6 Å². The molecular formula is C22H28N4O6S. The Balaban J connectivity index is 1.39. The number of thioether (sulfide) groups is 1. The summed E-state index contributed by atoms with van der Waals surface area (Å²) in [6.45, 7) is 3.28. The van der Waals surface area contributed by atoms with Crippen LogP contribution in [0.5, 0.6) is 0 Å². The zero-order valence-electron chi connectivity index (χ0n) is 18.6. The summed E-state index contributed by atoms with van der Waals surface area (Å²) in [7, 11) is 0. The quantitative estimate of drug-likeness (QED) is 0.301. The number of anilines is 1. The molecule has 1 aliphatic rings. The van der Waals surface area contributed by atoms with Gasteiger partial charge in [0.05, 0.1) is 25.9 Å². The van der Waals surface area contributed by atoms with E-state index in [-0.39, 0.29) is 24.8 Å². The molecule has 1 aromatic heterocycles.